The first-order valence-electron chi connectivity index (χ1n) is 9.26. The second kappa shape index (κ2) is 7.34. The van der Waals surface area contributed by atoms with Crippen LogP contribution in [0.2, 0.25) is 0 Å². The first-order chi connectivity index (χ1) is 13.1. The molecule has 0 saturated carbocycles. The first-order valence-corrected chi connectivity index (χ1v) is 9.26. The number of piperidine rings is 1. The van der Waals surface area contributed by atoms with E-state index in [1.807, 2.05) is 37.8 Å². The largest absolute Gasteiger partial charge is 0.373 e. The molecule has 1 saturated heterocycles. The van der Waals surface area contributed by atoms with E-state index in [0.717, 1.165) is 55.0 Å². The Balaban J connectivity index is 1.53. The molecule has 142 valence electrons. The van der Waals surface area contributed by atoms with Crippen molar-refractivity contribution in [3.8, 4) is 0 Å². The zero-order valence-corrected chi connectivity index (χ0v) is 16.0. The van der Waals surface area contributed by atoms with Gasteiger partial charge in [-0.25, -0.2) is 9.97 Å². The molecule has 4 heterocycles. The number of anilines is 2. The minimum Gasteiger partial charge on any atom is -0.373 e. The average Bonchev–Trinajstić information content (AvgIpc) is 3.32. The minimum absolute atomic E-state index is 0.315. The summed E-state index contributed by atoms with van der Waals surface area (Å²) in [5, 5.41) is 12.0. The second-order valence-electron chi connectivity index (χ2n) is 7.00. The van der Waals surface area contributed by atoms with E-state index in [1.165, 1.54) is 0 Å². The van der Waals surface area contributed by atoms with Crippen LogP contribution in [0, 0.1) is 6.92 Å². The van der Waals surface area contributed by atoms with Crippen molar-refractivity contribution in [2.24, 2.45) is 7.05 Å². The van der Waals surface area contributed by atoms with Gasteiger partial charge in [-0.1, -0.05) is 0 Å². The lowest BCUT2D eigenvalue weighted by molar-refractivity contribution is 0.473. The van der Waals surface area contributed by atoms with E-state index in [4.69, 9.17) is 0 Å². The van der Waals surface area contributed by atoms with Crippen molar-refractivity contribution in [3.05, 3.63) is 42.1 Å². The Bertz CT molecular complexity index is 900. The number of hydrogen-bond donors (Lipinski definition) is 1. The van der Waals surface area contributed by atoms with Gasteiger partial charge in [-0.2, -0.15) is 4.98 Å². The van der Waals surface area contributed by atoms with Gasteiger partial charge in [0, 0.05) is 57.3 Å². The van der Waals surface area contributed by atoms with Crippen molar-refractivity contribution in [3.63, 3.8) is 0 Å². The van der Waals surface area contributed by atoms with Crippen LogP contribution in [0.1, 0.15) is 36.1 Å². The summed E-state index contributed by atoms with van der Waals surface area (Å²) in [5.41, 5.74) is 0.966. The highest BCUT2D eigenvalue weighted by Gasteiger charge is 2.27. The fraction of sp³-hybridized carbons (Fsp3) is 0.500. The Morgan fingerprint density at radius 1 is 1.26 bits per heavy atom. The van der Waals surface area contributed by atoms with Crippen LogP contribution in [0.15, 0.2) is 24.8 Å². The van der Waals surface area contributed by atoms with Crippen LogP contribution in [-0.2, 0) is 13.6 Å². The third-order valence-corrected chi connectivity index (χ3v) is 5.05. The summed E-state index contributed by atoms with van der Waals surface area (Å²) in [6.45, 7) is 4.48. The molecule has 9 nitrogen and oxygen atoms in total. The van der Waals surface area contributed by atoms with Crippen LogP contribution in [-0.4, -0.2) is 54.4 Å². The Labute approximate surface area is 158 Å². The Kier molecular flexibility index (Phi) is 4.74. The van der Waals surface area contributed by atoms with Crippen molar-refractivity contribution in [2.75, 3.05) is 30.4 Å². The Morgan fingerprint density at radius 3 is 2.93 bits per heavy atom. The predicted octanol–water partition coefficient (Wildman–Crippen LogP) is 1.58. The average molecular weight is 367 g/mol. The van der Waals surface area contributed by atoms with Crippen LogP contribution in [0.4, 0.5) is 11.8 Å². The number of rotatable bonds is 5. The van der Waals surface area contributed by atoms with E-state index < -0.39 is 0 Å². The fourth-order valence-corrected chi connectivity index (χ4v) is 3.60. The molecule has 0 aliphatic carbocycles. The van der Waals surface area contributed by atoms with Crippen LogP contribution < -0.4 is 10.2 Å². The molecule has 0 spiro atoms. The van der Waals surface area contributed by atoms with E-state index >= 15 is 0 Å². The highest BCUT2D eigenvalue weighted by molar-refractivity contribution is 5.43. The van der Waals surface area contributed by atoms with Crippen molar-refractivity contribution in [1.82, 2.24) is 34.3 Å². The van der Waals surface area contributed by atoms with Crippen LogP contribution in [0.5, 0.6) is 0 Å². The van der Waals surface area contributed by atoms with Gasteiger partial charge in [0.2, 0.25) is 5.95 Å². The van der Waals surface area contributed by atoms with E-state index in [1.54, 1.807) is 12.5 Å². The van der Waals surface area contributed by atoms with Crippen LogP contribution in [0.25, 0.3) is 0 Å². The van der Waals surface area contributed by atoms with Crippen molar-refractivity contribution in [1.29, 1.82) is 0 Å². The lowest BCUT2D eigenvalue weighted by Crippen LogP contribution is -2.36. The summed E-state index contributed by atoms with van der Waals surface area (Å²) in [4.78, 5) is 15.6. The van der Waals surface area contributed by atoms with E-state index in [2.05, 4.69) is 39.9 Å². The molecule has 1 unspecified atom stereocenters. The molecule has 9 heteroatoms. The first kappa shape index (κ1) is 17.4. The molecule has 3 aromatic heterocycles. The number of nitrogens with one attached hydrogen (secondary N) is 1. The van der Waals surface area contributed by atoms with Crippen molar-refractivity contribution in [2.45, 2.75) is 32.2 Å². The fourth-order valence-electron chi connectivity index (χ4n) is 3.60. The molecule has 27 heavy (non-hydrogen) atoms. The SMILES string of the molecule is CNc1cc(C)nc(N2CCCC(c3nnc(Cn4ccnc4)n3C)C2)n1. The summed E-state index contributed by atoms with van der Waals surface area (Å²) in [7, 11) is 3.93. The van der Waals surface area contributed by atoms with Gasteiger partial charge >= 0.3 is 0 Å². The third kappa shape index (κ3) is 3.62. The molecule has 1 N–H and O–H groups in total. The number of aryl methyl sites for hydroxylation is 1. The van der Waals surface area contributed by atoms with E-state index in [-0.39, 0.29) is 0 Å². The molecule has 1 fully saturated rings. The third-order valence-electron chi connectivity index (χ3n) is 5.05. The quantitative estimate of drug-likeness (QED) is 0.732. The smallest absolute Gasteiger partial charge is 0.227 e. The van der Waals surface area contributed by atoms with Gasteiger partial charge in [-0.15, -0.1) is 10.2 Å². The summed E-state index contributed by atoms with van der Waals surface area (Å²) < 4.78 is 4.12. The molecule has 0 aromatic carbocycles. The summed E-state index contributed by atoms with van der Waals surface area (Å²) >= 11 is 0. The van der Waals surface area contributed by atoms with Gasteiger partial charge in [-0.3, -0.25) is 0 Å². The molecule has 1 aliphatic heterocycles. The van der Waals surface area contributed by atoms with Crippen molar-refractivity contribution >= 4 is 11.8 Å². The molecule has 0 amide bonds. The molecule has 1 aliphatic rings. The Morgan fingerprint density at radius 2 is 2.15 bits per heavy atom. The van der Waals surface area contributed by atoms with Gasteiger partial charge in [0.1, 0.15) is 11.6 Å². The maximum atomic E-state index is 4.63. The van der Waals surface area contributed by atoms with Gasteiger partial charge in [0.25, 0.3) is 0 Å². The topological polar surface area (TPSA) is 89.6 Å². The van der Waals surface area contributed by atoms with Gasteiger partial charge in [0.05, 0.1) is 12.9 Å². The van der Waals surface area contributed by atoms with E-state index in [0.29, 0.717) is 12.5 Å². The maximum absolute atomic E-state index is 4.63. The van der Waals surface area contributed by atoms with Gasteiger partial charge < -0.3 is 19.4 Å². The molecular weight excluding hydrogens is 342 g/mol. The zero-order valence-electron chi connectivity index (χ0n) is 16.0. The second-order valence-corrected chi connectivity index (χ2v) is 7.00. The Hall–Kier alpha value is -2.97. The zero-order chi connectivity index (χ0) is 18.8. The summed E-state index contributed by atoms with van der Waals surface area (Å²) in [5.74, 6) is 3.90. The highest BCUT2D eigenvalue weighted by atomic mass is 15.3. The molecule has 4 rings (SSSR count). The molecule has 0 radical (unpaired) electrons. The van der Waals surface area contributed by atoms with Crippen LogP contribution >= 0.6 is 0 Å². The van der Waals surface area contributed by atoms with Gasteiger partial charge in [-0.05, 0) is 19.8 Å². The number of nitrogens with zero attached hydrogens (tertiary/aromatic N) is 8. The van der Waals surface area contributed by atoms with Crippen molar-refractivity contribution < 1.29 is 0 Å². The van der Waals surface area contributed by atoms with E-state index in [9.17, 15) is 0 Å². The normalized spacial score (nSPS) is 17.3. The highest BCUT2D eigenvalue weighted by Crippen LogP contribution is 2.28. The maximum Gasteiger partial charge on any atom is 0.227 e. The summed E-state index contributed by atoms with van der Waals surface area (Å²) in [6, 6.07) is 1.95. The van der Waals surface area contributed by atoms with Crippen LogP contribution in [0.3, 0.4) is 0 Å². The minimum atomic E-state index is 0.315. The number of aromatic nitrogens is 7. The molecular formula is C18H25N9. The standard InChI is InChI=1S/C18H25N9/c1-13-9-15(19-2)22-18(21-13)27-7-4-5-14(10-27)17-24-23-16(25(17)3)11-26-8-6-20-12-26/h6,8-9,12,14H,4-5,7,10-11H2,1-3H3,(H,19,21,22). The molecule has 0 bridgehead atoms. The summed E-state index contributed by atoms with van der Waals surface area (Å²) in [6.07, 6.45) is 7.69. The molecule has 3 aromatic rings. The monoisotopic (exact) mass is 367 g/mol. The lowest BCUT2D eigenvalue weighted by atomic mass is 9.97. The number of hydrogen-bond acceptors (Lipinski definition) is 7. The van der Waals surface area contributed by atoms with Gasteiger partial charge in [0.15, 0.2) is 5.82 Å². The lowest BCUT2D eigenvalue weighted by Gasteiger charge is -2.32. The predicted molar refractivity (Wildman–Crippen MR) is 103 cm³/mol. The molecule has 1 atom stereocenters. The number of imidazole rings is 1.